The molecule has 6 aromatic rings. The highest BCUT2D eigenvalue weighted by atomic mass is 32.1. The monoisotopic (exact) mass is 409 g/mol. The van der Waals surface area contributed by atoms with E-state index < -0.39 is 0 Å². The third kappa shape index (κ3) is 2.67. The van der Waals surface area contributed by atoms with E-state index in [2.05, 4.69) is 61.9 Å². The van der Waals surface area contributed by atoms with Crippen LogP contribution in [0.1, 0.15) is 0 Å². The molecule has 0 fully saturated rings. The number of aromatic amines is 2. The molecule has 5 aromatic heterocycles. The Bertz CT molecular complexity index is 1510. The molecule has 6 nitrogen and oxygen atoms in total. The Morgan fingerprint density at radius 1 is 0.933 bits per heavy atom. The minimum Gasteiger partial charge on any atom is -0.506 e. The van der Waals surface area contributed by atoms with Crippen molar-refractivity contribution in [2.45, 2.75) is 0 Å². The minimum absolute atomic E-state index is 0.110. The highest BCUT2D eigenvalue weighted by Crippen LogP contribution is 2.35. The molecule has 0 saturated heterocycles. The maximum absolute atomic E-state index is 9.75. The standard InChI is InChI=1S/C23H15N5OS/c29-14-9-13(11-24-12-14)17-6-7-19-22(26-17)23(28-27-19)20-10-16-15(21-5-2-8-30-21)3-1-4-18(16)25-20/h1-12,25,29H,(H,27,28). The number of pyridine rings is 2. The average Bonchev–Trinajstić information content (AvgIpc) is 3.51. The van der Waals surface area contributed by atoms with Crippen molar-refractivity contribution >= 4 is 33.3 Å². The molecule has 0 spiro atoms. The molecule has 0 radical (unpaired) electrons. The Hall–Kier alpha value is -3.97. The zero-order valence-electron chi connectivity index (χ0n) is 15.6. The molecular formula is C23H15N5OS. The molecule has 0 unspecified atom stereocenters. The first-order valence-electron chi connectivity index (χ1n) is 9.42. The molecule has 6 rings (SSSR count). The third-order valence-corrected chi connectivity index (χ3v) is 6.04. The van der Waals surface area contributed by atoms with Crippen LogP contribution in [0.5, 0.6) is 5.75 Å². The summed E-state index contributed by atoms with van der Waals surface area (Å²) in [5.74, 6) is 0.110. The molecular weight excluding hydrogens is 394 g/mol. The number of nitrogens with zero attached hydrogens (tertiary/aromatic N) is 3. The molecule has 5 heterocycles. The van der Waals surface area contributed by atoms with Gasteiger partial charge in [0.05, 0.1) is 23.1 Å². The smallest absolute Gasteiger partial charge is 0.135 e. The van der Waals surface area contributed by atoms with Crippen molar-refractivity contribution in [1.82, 2.24) is 25.1 Å². The van der Waals surface area contributed by atoms with Gasteiger partial charge in [-0.15, -0.1) is 11.3 Å². The predicted molar refractivity (Wildman–Crippen MR) is 119 cm³/mol. The number of aromatic nitrogens is 5. The lowest BCUT2D eigenvalue weighted by atomic mass is 10.1. The molecule has 0 amide bonds. The molecule has 0 atom stereocenters. The Morgan fingerprint density at radius 3 is 2.77 bits per heavy atom. The van der Waals surface area contributed by atoms with Gasteiger partial charge in [0.15, 0.2) is 0 Å². The van der Waals surface area contributed by atoms with Crippen molar-refractivity contribution < 1.29 is 5.11 Å². The summed E-state index contributed by atoms with van der Waals surface area (Å²) in [5.41, 5.74) is 7.00. The number of hydrogen-bond donors (Lipinski definition) is 3. The highest BCUT2D eigenvalue weighted by molar-refractivity contribution is 7.13. The second kappa shape index (κ2) is 6.53. The second-order valence-electron chi connectivity index (χ2n) is 7.02. The van der Waals surface area contributed by atoms with Crippen molar-refractivity contribution in [3.05, 3.63) is 72.4 Å². The molecule has 0 aliphatic rings. The van der Waals surface area contributed by atoms with Gasteiger partial charge in [-0.05, 0) is 41.8 Å². The molecule has 1 aromatic carbocycles. The van der Waals surface area contributed by atoms with E-state index in [1.165, 1.54) is 16.6 Å². The van der Waals surface area contributed by atoms with Crippen LogP contribution in [0.2, 0.25) is 0 Å². The molecule has 30 heavy (non-hydrogen) atoms. The van der Waals surface area contributed by atoms with E-state index in [9.17, 15) is 5.11 Å². The lowest BCUT2D eigenvalue weighted by molar-refractivity contribution is 0.473. The largest absolute Gasteiger partial charge is 0.506 e. The number of benzene rings is 1. The van der Waals surface area contributed by atoms with Gasteiger partial charge in [-0.3, -0.25) is 10.1 Å². The first-order valence-corrected chi connectivity index (χ1v) is 10.3. The van der Waals surface area contributed by atoms with Crippen LogP contribution in [-0.2, 0) is 0 Å². The molecule has 3 N–H and O–H groups in total. The van der Waals surface area contributed by atoms with Crippen LogP contribution >= 0.6 is 11.3 Å². The van der Waals surface area contributed by atoms with Crippen LogP contribution in [0.25, 0.3) is 55.0 Å². The van der Waals surface area contributed by atoms with E-state index in [4.69, 9.17) is 4.98 Å². The van der Waals surface area contributed by atoms with Crippen molar-refractivity contribution in [2.75, 3.05) is 0 Å². The van der Waals surface area contributed by atoms with Crippen LogP contribution in [0.15, 0.2) is 72.4 Å². The lowest BCUT2D eigenvalue weighted by Crippen LogP contribution is -1.86. The maximum Gasteiger partial charge on any atom is 0.135 e. The van der Waals surface area contributed by atoms with Gasteiger partial charge in [0, 0.05) is 33.1 Å². The summed E-state index contributed by atoms with van der Waals surface area (Å²) >= 11 is 1.73. The minimum atomic E-state index is 0.110. The van der Waals surface area contributed by atoms with Gasteiger partial charge in [0.1, 0.15) is 17.0 Å². The van der Waals surface area contributed by atoms with E-state index in [-0.39, 0.29) is 5.75 Å². The van der Waals surface area contributed by atoms with Gasteiger partial charge in [-0.25, -0.2) is 4.98 Å². The first kappa shape index (κ1) is 16.9. The normalized spacial score (nSPS) is 11.5. The molecule has 0 saturated carbocycles. The summed E-state index contributed by atoms with van der Waals surface area (Å²) in [4.78, 5) is 13.6. The van der Waals surface area contributed by atoms with Gasteiger partial charge in [0.25, 0.3) is 0 Å². The summed E-state index contributed by atoms with van der Waals surface area (Å²) in [5, 5.41) is 20.6. The lowest BCUT2D eigenvalue weighted by Gasteiger charge is -2.01. The predicted octanol–water partition coefficient (Wildman–Crippen LogP) is 5.60. The fourth-order valence-corrected chi connectivity index (χ4v) is 4.51. The zero-order chi connectivity index (χ0) is 20.1. The summed E-state index contributed by atoms with van der Waals surface area (Å²) in [6.45, 7) is 0. The zero-order valence-corrected chi connectivity index (χ0v) is 16.4. The number of thiophene rings is 1. The van der Waals surface area contributed by atoms with E-state index in [1.807, 2.05) is 12.1 Å². The topological polar surface area (TPSA) is 90.5 Å². The second-order valence-corrected chi connectivity index (χ2v) is 7.97. The van der Waals surface area contributed by atoms with Crippen LogP contribution in [0.4, 0.5) is 0 Å². The number of nitrogens with one attached hydrogen (secondary N) is 2. The van der Waals surface area contributed by atoms with Crippen LogP contribution < -0.4 is 0 Å². The average molecular weight is 409 g/mol. The summed E-state index contributed by atoms with van der Waals surface area (Å²) in [6.07, 6.45) is 3.09. The van der Waals surface area contributed by atoms with Crippen LogP contribution in [0.3, 0.4) is 0 Å². The fraction of sp³-hybridized carbons (Fsp3) is 0. The Kier molecular flexibility index (Phi) is 3.69. The number of rotatable bonds is 3. The van der Waals surface area contributed by atoms with Crippen molar-refractivity contribution in [2.24, 2.45) is 0 Å². The van der Waals surface area contributed by atoms with Crippen molar-refractivity contribution in [3.8, 4) is 38.8 Å². The summed E-state index contributed by atoms with van der Waals surface area (Å²) in [7, 11) is 0. The van der Waals surface area contributed by atoms with E-state index in [0.717, 1.165) is 44.6 Å². The van der Waals surface area contributed by atoms with Gasteiger partial charge in [-0.1, -0.05) is 18.2 Å². The van der Waals surface area contributed by atoms with Gasteiger partial charge >= 0.3 is 0 Å². The van der Waals surface area contributed by atoms with Crippen molar-refractivity contribution in [1.29, 1.82) is 0 Å². The molecule has 0 bridgehead atoms. The quantitative estimate of drug-likeness (QED) is 0.355. The van der Waals surface area contributed by atoms with E-state index in [1.54, 1.807) is 23.6 Å². The number of hydrogen-bond acceptors (Lipinski definition) is 5. The Morgan fingerprint density at radius 2 is 1.90 bits per heavy atom. The number of aromatic hydroxyl groups is 1. The molecule has 0 aliphatic carbocycles. The van der Waals surface area contributed by atoms with Gasteiger partial charge in [-0.2, -0.15) is 5.10 Å². The highest BCUT2D eigenvalue weighted by Gasteiger charge is 2.15. The van der Waals surface area contributed by atoms with Gasteiger partial charge < -0.3 is 10.1 Å². The fourth-order valence-electron chi connectivity index (χ4n) is 3.74. The molecule has 0 aliphatic heterocycles. The van der Waals surface area contributed by atoms with Crippen LogP contribution in [-0.4, -0.2) is 30.3 Å². The van der Waals surface area contributed by atoms with Crippen molar-refractivity contribution in [3.63, 3.8) is 0 Å². The summed E-state index contributed by atoms with van der Waals surface area (Å²) < 4.78 is 0. The van der Waals surface area contributed by atoms with E-state index >= 15 is 0 Å². The Balaban J connectivity index is 1.52. The first-order chi connectivity index (χ1) is 14.8. The number of H-pyrrole nitrogens is 2. The van der Waals surface area contributed by atoms with Gasteiger partial charge in [0.2, 0.25) is 0 Å². The summed E-state index contributed by atoms with van der Waals surface area (Å²) in [6, 6.07) is 18.1. The third-order valence-electron chi connectivity index (χ3n) is 5.13. The SMILES string of the molecule is Oc1cncc(-c2ccc3[nH]nc(-c4cc5c(-c6cccs6)cccc5[nH]4)c3n2)c1. The molecule has 7 heteroatoms. The van der Waals surface area contributed by atoms with Crippen LogP contribution in [0, 0.1) is 0 Å². The van der Waals surface area contributed by atoms with E-state index in [0.29, 0.717) is 0 Å². The Labute approximate surface area is 174 Å². The molecule has 144 valence electrons. The maximum atomic E-state index is 9.75. The number of fused-ring (bicyclic) bond motifs is 2.